The lowest BCUT2D eigenvalue weighted by Crippen LogP contribution is -2.13. The molecule has 210 valence electrons. The molecular weight excluding hydrogens is 551 g/mol. The van der Waals surface area contributed by atoms with Crippen molar-refractivity contribution in [2.75, 3.05) is 12.4 Å². The number of anilines is 1. The largest absolute Gasteiger partial charge is 0.493 e. The number of ether oxygens (including phenoxy) is 2. The molecule has 12 nitrogen and oxygen atoms in total. The summed E-state index contributed by atoms with van der Waals surface area (Å²) in [5, 5.41) is 7.10. The van der Waals surface area contributed by atoms with E-state index in [9.17, 15) is 19.1 Å². The van der Waals surface area contributed by atoms with E-state index in [-0.39, 0.29) is 18.0 Å². The van der Waals surface area contributed by atoms with Gasteiger partial charge < -0.3 is 33.4 Å². The number of benzene rings is 2. The molecule has 5 rings (SSSR count). The Kier molecular flexibility index (Phi) is 7.88. The van der Waals surface area contributed by atoms with Crippen LogP contribution in [0.25, 0.3) is 23.4 Å². The van der Waals surface area contributed by atoms with E-state index in [1.807, 2.05) is 18.2 Å². The van der Waals surface area contributed by atoms with Gasteiger partial charge in [-0.15, -0.1) is 5.10 Å². The molecule has 0 bridgehead atoms. The third-order valence-corrected chi connectivity index (χ3v) is 6.40. The first-order valence-corrected chi connectivity index (χ1v) is 13.9. The first-order valence-electron chi connectivity index (χ1n) is 12.2. The average Bonchev–Trinajstić information content (AvgIpc) is 3.71. The smallest absolute Gasteiger partial charge is 0.349 e. The molecule has 0 saturated carbocycles. The molecule has 3 aromatic heterocycles. The van der Waals surface area contributed by atoms with Gasteiger partial charge in [0.15, 0.2) is 23.1 Å². The second-order valence-corrected chi connectivity index (χ2v) is 10.2. The Hall–Kier alpha value is -4.90. The molecule has 0 aliphatic rings. The SMILES string of the molecule is COc1cc(C(=O)Nc2nn(-c3ccccc3)cc2C=CP(=O)(O)O)ccc1OCc1nc(-c2ccco2)oc1C. The maximum atomic E-state index is 13.2. The quantitative estimate of drug-likeness (QED) is 0.183. The van der Waals surface area contributed by atoms with Crippen molar-refractivity contribution in [3.05, 3.63) is 102 Å². The van der Waals surface area contributed by atoms with Gasteiger partial charge in [-0.2, -0.15) is 0 Å². The number of rotatable bonds is 10. The summed E-state index contributed by atoms with van der Waals surface area (Å²) in [7, 11) is -2.99. The lowest BCUT2D eigenvalue weighted by Gasteiger charge is -2.11. The lowest BCUT2D eigenvalue weighted by atomic mass is 10.2. The van der Waals surface area contributed by atoms with Crippen molar-refractivity contribution < 1.29 is 37.5 Å². The van der Waals surface area contributed by atoms with Gasteiger partial charge in [0.25, 0.3) is 11.8 Å². The van der Waals surface area contributed by atoms with Crippen molar-refractivity contribution in [3.8, 4) is 28.8 Å². The first kappa shape index (κ1) is 27.7. The number of para-hydroxylation sites is 1. The summed E-state index contributed by atoms with van der Waals surface area (Å²) in [5.74, 6) is 2.44. The predicted octanol–water partition coefficient (Wildman–Crippen LogP) is 5.42. The number of hydrogen-bond donors (Lipinski definition) is 3. The Morgan fingerprint density at radius 2 is 1.93 bits per heavy atom. The van der Waals surface area contributed by atoms with E-state index in [1.54, 1.807) is 49.5 Å². The van der Waals surface area contributed by atoms with Crippen LogP contribution in [-0.2, 0) is 11.2 Å². The Morgan fingerprint density at radius 1 is 1.12 bits per heavy atom. The molecule has 3 heterocycles. The van der Waals surface area contributed by atoms with E-state index in [4.69, 9.17) is 18.3 Å². The molecule has 0 atom stereocenters. The molecule has 0 unspecified atom stereocenters. The third kappa shape index (κ3) is 6.64. The molecule has 1 amide bonds. The number of nitrogens with zero attached hydrogens (tertiary/aromatic N) is 3. The highest BCUT2D eigenvalue weighted by atomic mass is 31.2. The Bertz CT molecular complexity index is 1740. The van der Waals surface area contributed by atoms with Gasteiger partial charge in [-0.05, 0) is 55.5 Å². The second-order valence-electron chi connectivity index (χ2n) is 8.73. The van der Waals surface area contributed by atoms with Crippen LogP contribution in [0.2, 0.25) is 0 Å². The average molecular weight is 577 g/mol. The van der Waals surface area contributed by atoms with Crippen LogP contribution in [0.15, 0.2) is 87.8 Å². The van der Waals surface area contributed by atoms with Gasteiger partial charge in [0.1, 0.15) is 18.1 Å². The number of carbonyl (C=O) groups is 1. The van der Waals surface area contributed by atoms with Gasteiger partial charge >= 0.3 is 7.60 Å². The summed E-state index contributed by atoms with van der Waals surface area (Å²) >= 11 is 0. The van der Waals surface area contributed by atoms with E-state index in [0.717, 1.165) is 5.82 Å². The summed E-state index contributed by atoms with van der Waals surface area (Å²) in [4.78, 5) is 36.2. The molecule has 3 N–H and O–H groups in total. The summed E-state index contributed by atoms with van der Waals surface area (Å²) in [5.41, 5.74) is 1.81. The van der Waals surface area contributed by atoms with Gasteiger partial charge in [0.05, 0.1) is 19.1 Å². The lowest BCUT2D eigenvalue weighted by molar-refractivity contribution is 0.102. The molecule has 0 aliphatic heterocycles. The standard InChI is InChI=1S/C28H25N4O8P/c1-18-22(29-28(40-18)24-9-6-13-38-24)17-39-23-11-10-19(15-25(23)37-2)27(33)30-26-20(12-14-41(34,35)36)16-32(31-26)21-7-4-3-5-8-21/h3-16H,17H2,1-2H3,(H,30,31,33)(H2,34,35,36). The molecule has 0 spiro atoms. The van der Waals surface area contributed by atoms with Crippen molar-refractivity contribution in [1.29, 1.82) is 0 Å². The Morgan fingerprint density at radius 3 is 2.63 bits per heavy atom. The zero-order valence-corrected chi connectivity index (χ0v) is 22.8. The highest BCUT2D eigenvalue weighted by molar-refractivity contribution is 7.55. The molecular formula is C28H25N4O8P. The van der Waals surface area contributed by atoms with Crippen LogP contribution in [0.5, 0.6) is 11.5 Å². The number of methoxy groups -OCH3 is 1. The van der Waals surface area contributed by atoms with Crippen LogP contribution in [0.1, 0.15) is 27.4 Å². The van der Waals surface area contributed by atoms with Crippen molar-refractivity contribution in [2.24, 2.45) is 0 Å². The maximum Gasteiger partial charge on any atom is 0.349 e. The van der Waals surface area contributed by atoms with Crippen LogP contribution in [0.4, 0.5) is 5.82 Å². The number of aromatic nitrogens is 3. The van der Waals surface area contributed by atoms with E-state index in [2.05, 4.69) is 15.4 Å². The Balaban J connectivity index is 1.34. The number of hydrogen-bond acceptors (Lipinski definition) is 8. The van der Waals surface area contributed by atoms with E-state index in [1.165, 1.54) is 30.2 Å². The highest BCUT2D eigenvalue weighted by Crippen LogP contribution is 2.37. The summed E-state index contributed by atoms with van der Waals surface area (Å²) < 4.78 is 35.2. The van der Waals surface area contributed by atoms with Crippen molar-refractivity contribution >= 4 is 25.4 Å². The fourth-order valence-electron chi connectivity index (χ4n) is 3.82. The van der Waals surface area contributed by atoms with Crippen LogP contribution in [0, 0.1) is 6.92 Å². The number of nitrogens with one attached hydrogen (secondary N) is 1. The van der Waals surface area contributed by atoms with Gasteiger partial charge in [-0.3, -0.25) is 9.36 Å². The topological polar surface area (TPSA) is 162 Å². The minimum Gasteiger partial charge on any atom is -0.493 e. The summed E-state index contributed by atoms with van der Waals surface area (Å²) in [6, 6.07) is 17.2. The highest BCUT2D eigenvalue weighted by Gasteiger charge is 2.18. The van der Waals surface area contributed by atoms with Gasteiger partial charge in [-0.25, -0.2) is 9.67 Å². The number of amides is 1. The second kappa shape index (κ2) is 11.7. The molecule has 41 heavy (non-hydrogen) atoms. The number of oxazole rings is 1. The van der Waals surface area contributed by atoms with Gasteiger partial charge in [-0.1, -0.05) is 18.2 Å². The summed E-state index contributed by atoms with van der Waals surface area (Å²) in [6.07, 6.45) is 4.30. The monoisotopic (exact) mass is 576 g/mol. The molecule has 13 heteroatoms. The van der Waals surface area contributed by atoms with Crippen LogP contribution in [-0.4, -0.2) is 37.6 Å². The molecule has 5 aromatic rings. The fraction of sp³-hybridized carbons (Fsp3) is 0.107. The minimum absolute atomic E-state index is 0.0874. The number of carbonyl (C=O) groups excluding carboxylic acids is 1. The molecule has 0 fully saturated rings. The van der Waals surface area contributed by atoms with Gasteiger partial charge in [0, 0.05) is 23.1 Å². The summed E-state index contributed by atoms with van der Waals surface area (Å²) in [6.45, 7) is 1.86. The zero-order valence-electron chi connectivity index (χ0n) is 21.9. The molecule has 0 saturated heterocycles. The van der Waals surface area contributed by atoms with Gasteiger partial charge in [0.2, 0.25) is 0 Å². The minimum atomic E-state index is -4.44. The third-order valence-electron chi connectivity index (χ3n) is 5.86. The van der Waals surface area contributed by atoms with E-state index < -0.39 is 13.5 Å². The Labute approximate surface area is 234 Å². The molecule has 0 radical (unpaired) electrons. The normalized spacial score (nSPS) is 11.6. The number of furan rings is 1. The van der Waals surface area contributed by atoms with Crippen molar-refractivity contribution in [1.82, 2.24) is 14.8 Å². The van der Waals surface area contributed by atoms with Crippen LogP contribution >= 0.6 is 7.60 Å². The van der Waals surface area contributed by atoms with Crippen molar-refractivity contribution in [3.63, 3.8) is 0 Å². The van der Waals surface area contributed by atoms with E-state index in [0.29, 0.717) is 45.9 Å². The van der Waals surface area contributed by atoms with E-state index >= 15 is 0 Å². The molecule has 0 aliphatic carbocycles. The number of aryl methyl sites for hydroxylation is 1. The van der Waals surface area contributed by atoms with Crippen molar-refractivity contribution in [2.45, 2.75) is 13.5 Å². The first-order chi connectivity index (χ1) is 19.7. The van der Waals surface area contributed by atoms with Crippen LogP contribution in [0.3, 0.4) is 0 Å². The maximum absolute atomic E-state index is 13.2. The zero-order chi connectivity index (χ0) is 29.0. The molecule has 2 aromatic carbocycles. The fourth-order valence-corrected chi connectivity index (χ4v) is 4.17. The predicted molar refractivity (Wildman–Crippen MR) is 149 cm³/mol. The van der Waals surface area contributed by atoms with Crippen LogP contribution < -0.4 is 14.8 Å².